The molecule has 0 atom stereocenters. The third-order valence-corrected chi connectivity index (χ3v) is 2.60. The van der Waals surface area contributed by atoms with E-state index in [1.807, 2.05) is 0 Å². The van der Waals surface area contributed by atoms with Crippen molar-refractivity contribution in [2.75, 3.05) is 10.6 Å². The lowest BCUT2D eigenvalue weighted by Gasteiger charge is -2.10. The number of benzene rings is 2. The van der Waals surface area contributed by atoms with Crippen LogP contribution in [0.15, 0.2) is 42.5 Å². The second kappa shape index (κ2) is 5.48. The highest BCUT2D eigenvalue weighted by Crippen LogP contribution is 2.18. The fourth-order valence-electron chi connectivity index (χ4n) is 1.59. The van der Waals surface area contributed by atoms with Gasteiger partial charge in [0.2, 0.25) is 0 Å². The topological polar surface area (TPSA) is 41.1 Å². The summed E-state index contributed by atoms with van der Waals surface area (Å²) in [5.41, 5.74) is 1.04. The van der Waals surface area contributed by atoms with Gasteiger partial charge in [0.25, 0.3) is 0 Å². The van der Waals surface area contributed by atoms with Crippen molar-refractivity contribution in [2.24, 2.45) is 0 Å². The van der Waals surface area contributed by atoms with E-state index in [1.165, 1.54) is 30.3 Å². The van der Waals surface area contributed by atoms with Crippen molar-refractivity contribution in [1.82, 2.24) is 0 Å². The van der Waals surface area contributed by atoms with Gasteiger partial charge in [-0.3, -0.25) is 0 Å². The summed E-state index contributed by atoms with van der Waals surface area (Å²) >= 11 is 0. The standard InChI is InChI=1S/C14H12F2N2O/c1-9-12(16)6-3-7-13(9)18-14(19)17-11-5-2-4-10(15)8-11/h2-8H,1H3,(H2,17,18,19). The molecule has 2 amide bonds. The Labute approximate surface area is 109 Å². The van der Waals surface area contributed by atoms with E-state index in [0.29, 0.717) is 16.9 Å². The van der Waals surface area contributed by atoms with Crippen LogP contribution in [0.25, 0.3) is 0 Å². The van der Waals surface area contributed by atoms with Crippen LogP contribution in [-0.2, 0) is 0 Å². The molecule has 0 saturated carbocycles. The SMILES string of the molecule is Cc1c(F)cccc1NC(=O)Nc1cccc(F)c1. The Kier molecular flexibility index (Phi) is 3.75. The Hall–Kier alpha value is -2.43. The van der Waals surface area contributed by atoms with E-state index >= 15 is 0 Å². The minimum Gasteiger partial charge on any atom is -0.308 e. The quantitative estimate of drug-likeness (QED) is 0.846. The average Bonchev–Trinajstić information content (AvgIpc) is 2.35. The summed E-state index contributed by atoms with van der Waals surface area (Å²) in [7, 11) is 0. The molecule has 0 saturated heterocycles. The molecule has 0 bridgehead atoms. The van der Waals surface area contributed by atoms with Crippen molar-refractivity contribution in [3.8, 4) is 0 Å². The van der Waals surface area contributed by atoms with Crippen LogP contribution in [0, 0.1) is 18.6 Å². The molecule has 2 N–H and O–H groups in total. The van der Waals surface area contributed by atoms with E-state index < -0.39 is 17.7 Å². The van der Waals surface area contributed by atoms with Gasteiger partial charge in [0.05, 0.1) is 0 Å². The molecule has 3 nitrogen and oxygen atoms in total. The van der Waals surface area contributed by atoms with E-state index in [0.717, 1.165) is 0 Å². The summed E-state index contributed by atoms with van der Waals surface area (Å²) in [5.74, 6) is -0.844. The van der Waals surface area contributed by atoms with Gasteiger partial charge in [0, 0.05) is 16.9 Å². The lowest BCUT2D eigenvalue weighted by molar-refractivity contribution is 0.262. The molecule has 0 unspecified atom stereocenters. The summed E-state index contributed by atoms with van der Waals surface area (Å²) < 4.78 is 26.2. The highest BCUT2D eigenvalue weighted by atomic mass is 19.1. The second-order valence-corrected chi connectivity index (χ2v) is 4.00. The number of anilines is 2. The zero-order chi connectivity index (χ0) is 13.8. The van der Waals surface area contributed by atoms with E-state index in [4.69, 9.17) is 0 Å². The molecule has 5 heteroatoms. The number of rotatable bonds is 2. The Morgan fingerprint density at radius 3 is 2.53 bits per heavy atom. The van der Waals surface area contributed by atoms with Gasteiger partial charge in [0.15, 0.2) is 0 Å². The fraction of sp³-hybridized carbons (Fsp3) is 0.0714. The van der Waals surface area contributed by atoms with Crippen LogP contribution in [-0.4, -0.2) is 6.03 Å². The largest absolute Gasteiger partial charge is 0.323 e. The lowest BCUT2D eigenvalue weighted by atomic mass is 10.2. The van der Waals surface area contributed by atoms with Crippen LogP contribution in [0.4, 0.5) is 25.0 Å². The molecule has 2 rings (SSSR count). The van der Waals surface area contributed by atoms with Crippen LogP contribution in [0.2, 0.25) is 0 Å². The molecular weight excluding hydrogens is 250 g/mol. The average molecular weight is 262 g/mol. The van der Waals surface area contributed by atoms with Crippen LogP contribution in [0.3, 0.4) is 0 Å². The third-order valence-electron chi connectivity index (χ3n) is 2.60. The molecule has 0 spiro atoms. The molecule has 0 aliphatic carbocycles. The number of halogens is 2. The van der Waals surface area contributed by atoms with Crippen molar-refractivity contribution in [1.29, 1.82) is 0 Å². The Morgan fingerprint density at radius 1 is 1.05 bits per heavy atom. The molecule has 0 aliphatic heterocycles. The predicted molar refractivity (Wildman–Crippen MR) is 70.2 cm³/mol. The second-order valence-electron chi connectivity index (χ2n) is 4.00. The lowest BCUT2D eigenvalue weighted by Crippen LogP contribution is -2.20. The summed E-state index contributed by atoms with van der Waals surface area (Å²) in [6.07, 6.45) is 0. The van der Waals surface area contributed by atoms with Gasteiger partial charge >= 0.3 is 6.03 Å². The predicted octanol–water partition coefficient (Wildman–Crippen LogP) is 3.92. The monoisotopic (exact) mass is 262 g/mol. The highest BCUT2D eigenvalue weighted by molar-refractivity contribution is 6.00. The van der Waals surface area contributed by atoms with Gasteiger partial charge in [-0.15, -0.1) is 0 Å². The van der Waals surface area contributed by atoms with Gasteiger partial charge < -0.3 is 10.6 Å². The third kappa shape index (κ3) is 3.28. The zero-order valence-electron chi connectivity index (χ0n) is 10.2. The maximum Gasteiger partial charge on any atom is 0.323 e. The first-order chi connectivity index (χ1) is 9.06. The first-order valence-corrected chi connectivity index (χ1v) is 5.65. The summed E-state index contributed by atoms with van der Waals surface area (Å²) in [4.78, 5) is 11.7. The highest BCUT2D eigenvalue weighted by Gasteiger charge is 2.07. The smallest absolute Gasteiger partial charge is 0.308 e. The minimum atomic E-state index is -0.556. The van der Waals surface area contributed by atoms with E-state index in [2.05, 4.69) is 10.6 Å². The first kappa shape index (κ1) is 13.0. The molecule has 0 aromatic heterocycles. The Morgan fingerprint density at radius 2 is 1.79 bits per heavy atom. The van der Waals surface area contributed by atoms with Crippen molar-refractivity contribution < 1.29 is 13.6 Å². The number of hydrogen-bond donors (Lipinski definition) is 2. The Balaban J connectivity index is 2.08. The van der Waals surface area contributed by atoms with Crippen molar-refractivity contribution in [3.05, 3.63) is 59.7 Å². The van der Waals surface area contributed by atoms with Crippen molar-refractivity contribution in [2.45, 2.75) is 6.92 Å². The van der Waals surface area contributed by atoms with Crippen LogP contribution in [0.5, 0.6) is 0 Å². The maximum atomic E-state index is 13.3. The number of nitrogens with one attached hydrogen (secondary N) is 2. The van der Waals surface area contributed by atoms with Crippen LogP contribution >= 0.6 is 0 Å². The summed E-state index contributed by atoms with van der Waals surface area (Å²) in [6.45, 7) is 1.56. The van der Waals surface area contributed by atoms with Gasteiger partial charge in [-0.05, 0) is 37.3 Å². The first-order valence-electron chi connectivity index (χ1n) is 5.65. The maximum absolute atomic E-state index is 13.3. The van der Waals surface area contributed by atoms with Gasteiger partial charge in [-0.25, -0.2) is 13.6 Å². The molecule has 0 fully saturated rings. The molecule has 0 aliphatic rings. The normalized spacial score (nSPS) is 10.1. The summed E-state index contributed by atoms with van der Waals surface area (Å²) in [5, 5.41) is 4.97. The minimum absolute atomic E-state index is 0.326. The number of carbonyl (C=O) groups excluding carboxylic acids is 1. The number of hydrogen-bond acceptors (Lipinski definition) is 1. The molecule has 2 aromatic carbocycles. The number of urea groups is 1. The molecule has 98 valence electrons. The van der Waals surface area contributed by atoms with Crippen molar-refractivity contribution >= 4 is 17.4 Å². The number of carbonyl (C=O) groups is 1. The van der Waals surface area contributed by atoms with Crippen LogP contribution in [0.1, 0.15) is 5.56 Å². The fourth-order valence-corrected chi connectivity index (χ4v) is 1.59. The van der Waals surface area contributed by atoms with Gasteiger partial charge in [0.1, 0.15) is 11.6 Å². The van der Waals surface area contributed by atoms with E-state index in [1.54, 1.807) is 19.1 Å². The Bertz CT molecular complexity index is 614. The number of amides is 2. The molecular formula is C14H12F2N2O. The zero-order valence-corrected chi connectivity index (χ0v) is 10.2. The molecule has 0 radical (unpaired) electrons. The van der Waals surface area contributed by atoms with Crippen molar-refractivity contribution in [3.63, 3.8) is 0 Å². The van der Waals surface area contributed by atoms with Crippen LogP contribution < -0.4 is 10.6 Å². The molecule has 19 heavy (non-hydrogen) atoms. The van der Waals surface area contributed by atoms with E-state index in [-0.39, 0.29) is 0 Å². The van der Waals surface area contributed by atoms with Gasteiger partial charge in [-0.2, -0.15) is 0 Å². The van der Waals surface area contributed by atoms with Gasteiger partial charge in [-0.1, -0.05) is 12.1 Å². The molecule has 2 aromatic rings. The summed E-state index contributed by atoms with van der Waals surface area (Å²) in [6, 6.07) is 9.35. The molecule has 0 heterocycles. The van der Waals surface area contributed by atoms with E-state index in [9.17, 15) is 13.6 Å².